The predicted octanol–water partition coefficient (Wildman–Crippen LogP) is 3.99. The quantitative estimate of drug-likeness (QED) is 0.604. The summed E-state index contributed by atoms with van der Waals surface area (Å²) in [5.74, 6) is 0.947. The predicted molar refractivity (Wildman–Crippen MR) is 125 cm³/mol. The standard InChI is InChI=1S/C26H29N3O2/c30-26(27-24-13-11-23(12-14-24)22-7-3-1-4-8-22)21-29-17-15-28(16-18-29)19-20-31-25-9-5-2-6-10-25/h1-14H,15-21H2,(H,27,30). The van der Waals surface area contributed by atoms with Crippen molar-refractivity contribution in [3.8, 4) is 16.9 Å². The number of amides is 1. The van der Waals surface area contributed by atoms with Crippen LogP contribution in [0.5, 0.6) is 5.75 Å². The number of hydrogen-bond donors (Lipinski definition) is 1. The fraction of sp³-hybridized carbons (Fsp3) is 0.269. The summed E-state index contributed by atoms with van der Waals surface area (Å²) in [6, 6.07) is 28.2. The summed E-state index contributed by atoms with van der Waals surface area (Å²) < 4.78 is 5.78. The second-order valence-corrected chi connectivity index (χ2v) is 7.77. The van der Waals surface area contributed by atoms with E-state index >= 15 is 0 Å². The highest BCUT2D eigenvalue weighted by Crippen LogP contribution is 2.21. The Kier molecular flexibility index (Phi) is 7.32. The van der Waals surface area contributed by atoms with Gasteiger partial charge in [-0.25, -0.2) is 0 Å². The first-order valence-electron chi connectivity index (χ1n) is 10.8. The molecule has 1 aliphatic heterocycles. The van der Waals surface area contributed by atoms with Crippen molar-refractivity contribution in [3.05, 3.63) is 84.9 Å². The molecule has 1 amide bonds. The van der Waals surface area contributed by atoms with Crippen LogP contribution in [0, 0.1) is 0 Å². The Morgan fingerprint density at radius 3 is 2.00 bits per heavy atom. The van der Waals surface area contributed by atoms with Crippen LogP contribution >= 0.6 is 0 Å². The maximum atomic E-state index is 12.5. The molecule has 0 bridgehead atoms. The summed E-state index contributed by atoms with van der Waals surface area (Å²) in [4.78, 5) is 17.1. The Morgan fingerprint density at radius 2 is 1.32 bits per heavy atom. The molecule has 31 heavy (non-hydrogen) atoms. The van der Waals surface area contributed by atoms with E-state index in [4.69, 9.17) is 4.74 Å². The monoisotopic (exact) mass is 415 g/mol. The summed E-state index contributed by atoms with van der Waals surface area (Å²) >= 11 is 0. The van der Waals surface area contributed by atoms with E-state index in [1.165, 1.54) is 5.56 Å². The number of rotatable bonds is 8. The van der Waals surface area contributed by atoms with E-state index in [0.717, 1.165) is 49.7 Å². The van der Waals surface area contributed by atoms with Crippen LogP contribution in [0.3, 0.4) is 0 Å². The minimum atomic E-state index is 0.0355. The van der Waals surface area contributed by atoms with E-state index in [1.807, 2.05) is 72.8 Å². The van der Waals surface area contributed by atoms with Gasteiger partial charge in [0.25, 0.3) is 0 Å². The van der Waals surface area contributed by atoms with Crippen LogP contribution in [0.15, 0.2) is 84.9 Å². The number of piperazine rings is 1. The van der Waals surface area contributed by atoms with Crippen molar-refractivity contribution in [1.29, 1.82) is 0 Å². The van der Waals surface area contributed by atoms with E-state index in [1.54, 1.807) is 0 Å². The molecule has 1 aliphatic rings. The van der Waals surface area contributed by atoms with Gasteiger partial charge in [0.2, 0.25) is 5.91 Å². The molecule has 1 heterocycles. The molecule has 0 spiro atoms. The van der Waals surface area contributed by atoms with Gasteiger partial charge < -0.3 is 10.1 Å². The van der Waals surface area contributed by atoms with Crippen LogP contribution in [0.2, 0.25) is 0 Å². The molecule has 160 valence electrons. The molecule has 0 aliphatic carbocycles. The molecule has 1 saturated heterocycles. The second kappa shape index (κ2) is 10.8. The van der Waals surface area contributed by atoms with Gasteiger partial charge in [0.05, 0.1) is 6.54 Å². The number of carbonyl (C=O) groups is 1. The zero-order valence-corrected chi connectivity index (χ0v) is 17.7. The Balaban J connectivity index is 1.16. The second-order valence-electron chi connectivity index (χ2n) is 7.77. The molecule has 3 aromatic rings. The Bertz CT molecular complexity index is 937. The minimum absolute atomic E-state index is 0.0355. The average Bonchev–Trinajstić information content (AvgIpc) is 2.82. The smallest absolute Gasteiger partial charge is 0.238 e. The summed E-state index contributed by atoms with van der Waals surface area (Å²) in [6.07, 6.45) is 0. The van der Waals surface area contributed by atoms with Crippen molar-refractivity contribution in [2.75, 3.05) is 51.2 Å². The Morgan fingerprint density at radius 1 is 0.742 bits per heavy atom. The summed E-state index contributed by atoms with van der Waals surface area (Å²) in [5.41, 5.74) is 3.15. The van der Waals surface area contributed by atoms with E-state index < -0.39 is 0 Å². The van der Waals surface area contributed by atoms with Gasteiger partial charge in [-0.3, -0.25) is 14.6 Å². The Hall–Kier alpha value is -3.15. The molecular weight excluding hydrogens is 386 g/mol. The lowest BCUT2D eigenvalue weighted by atomic mass is 10.1. The molecular formula is C26H29N3O2. The van der Waals surface area contributed by atoms with E-state index in [-0.39, 0.29) is 5.91 Å². The van der Waals surface area contributed by atoms with Crippen molar-refractivity contribution < 1.29 is 9.53 Å². The van der Waals surface area contributed by atoms with Gasteiger partial charge in [-0.15, -0.1) is 0 Å². The molecule has 4 rings (SSSR count). The topological polar surface area (TPSA) is 44.8 Å². The maximum absolute atomic E-state index is 12.5. The molecule has 0 unspecified atom stereocenters. The molecule has 5 heteroatoms. The fourth-order valence-corrected chi connectivity index (χ4v) is 3.76. The van der Waals surface area contributed by atoms with Crippen LogP contribution in [0.4, 0.5) is 5.69 Å². The molecule has 5 nitrogen and oxygen atoms in total. The van der Waals surface area contributed by atoms with E-state index in [0.29, 0.717) is 13.2 Å². The van der Waals surface area contributed by atoms with Crippen molar-refractivity contribution in [2.24, 2.45) is 0 Å². The molecule has 1 fully saturated rings. The molecule has 0 saturated carbocycles. The lowest BCUT2D eigenvalue weighted by Gasteiger charge is -2.34. The number of para-hydroxylation sites is 1. The maximum Gasteiger partial charge on any atom is 0.238 e. The first kappa shape index (κ1) is 21.1. The average molecular weight is 416 g/mol. The highest BCUT2D eigenvalue weighted by atomic mass is 16.5. The minimum Gasteiger partial charge on any atom is -0.492 e. The van der Waals surface area contributed by atoms with Gasteiger partial charge in [-0.1, -0.05) is 60.7 Å². The molecule has 0 radical (unpaired) electrons. The number of nitrogens with one attached hydrogen (secondary N) is 1. The number of nitrogens with zero attached hydrogens (tertiary/aromatic N) is 2. The van der Waals surface area contributed by atoms with Gasteiger partial charge in [-0.2, -0.15) is 0 Å². The van der Waals surface area contributed by atoms with Crippen molar-refractivity contribution in [3.63, 3.8) is 0 Å². The number of anilines is 1. The lowest BCUT2D eigenvalue weighted by Crippen LogP contribution is -2.49. The summed E-state index contributed by atoms with van der Waals surface area (Å²) in [6.45, 7) is 5.72. The third-order valence-electron chi connectivity index (χ3n) is 5.53. The first-order chi connectivity index (χ1) is 15.3. The molecule has 0 aromatic heterocycles. The van der Waals surface area contributed by atoms with Crippen LogP contribution in [-0.4, -0.2) is 61.6 Å². The van der Waals surface area contributed by atoms with Crippen LogP contribution < -0.4 is 10.1 Å². The van der Waals surface area contributed by atoms with Crippen molar-refractivity contribution in [1.82, 2.24) is 9.80 Å². The Labute approximate surface area is 184 Å². The molecule has 1 N–H and O–H groups in total. The number of carbonyl (C=O) groups excluding carboxylic acids is 1. The number of ether oxygens (including phenoxy) is 1. The van der Waals surface area contributed by atoms with Gasteiger partial charge in [0.1, 0.15) is 12.4 Å². The van der Waals surface area contributed by atoms with Gasteiger partial charge in [0, 0.05) is 38.4 Å². The highest BCUT2D eigenvalue weighted by Gasteiger charge is 2.18. The largest absolute Gasteiger partial charge is 0.492 e. The van der Waals surface area contributed by atoms with Crippen molar-refractivity contribution in [2.45, 2.75) is 0 Å². The molecule has 0 atom stereocenters. The molecule has 3 aromatic carbocycles. The number of hydrogen-bond acceptors (Lipinski definition) is 4. The van der Waals surface area contributed by atoms with E-state index in [2.05, 4.69) is 27.2 Å². The lowest BCUT2D eigenvalue weighted by molar-refractivity contribution is -0.117. The van der Waals surface area contributed by atoms with Crippen LogP contribution in [0.1, 0.15) is 0 Å². The third kappa shape index (κ3) is 6.41. The van der Waals surface area contributed by atoms with Gasteiger partial charge >= 0.3 is 0 Å². The SMILES string of the molecule is O=C(CN1CCN(CCOc2ccccc2)CC1)Nc1ccc(-c2ccccc2)cc1. The van der Waals surface area contributed by atoms with E-state index in [9.17, 15) is 4.79 Å². The summed E-state index contributed by atoms with van der Waals surface area (Å²) in [7, 11) is 0. The van der Waals surface area contributed by atoms with Crippen LogP contribution in [-0.2, 0) is 4.79 Å². The van der Waals surface area contributed by atoms with Crippen LogP contribution in [0.25, 0.3) is 11.1 Å². The van der Waals surface area contributed by atoms with Gasteiger partial charge in [-0.05, 0) is 35.4 Å². The third-order valence-corrected chi connectivity index (χ3v) is 5.53. The van der Waals surface area contributed by atoms with Crippen molar-refractivity contribution >= 4 is 11.6 Å². The zero-order valence-electron chi connectivity index (χ0n) is 17.7. The first-order valence-corrected chi connectivity index (χ1v) is 10.8. The normalized spacial score (nSPS) is 14.8. The number of benzene rings is 3. The zero-order chi connectivity index (χ0) is 21.3. The summed E-state index contributed by atoms with van der Waals surface area (Å²) in [5, 5.41) is 3.02. The van der Waals surface area contributed by atoms with Gasteiger partial charge in [0.15, 0.2) is 0 Å². The fourth-order valence-electron chi connectivity index (χ4n) is 3.76. The highest BCUT2D eigenvalue weighted by molar-refractivity contribution is 5.92.